The molecule has 0 spiro atoms. The summed E-state index contributed by atoms with van der Waals surface area (Å²) in [5, 5.41) is 1.77. The zero-order chi connectivity index (χ0) is 17.9. The van der Waals surface area contributed by atoms with Crippen LogP contribution >= 0.6 is 11.6 Å². The number of hydrogen-bond donors (Lipinski definition) is 0. The second kappa shape index (κ2) is 7.52. The standard InChI is InChI=1S/C21H21ClN2O2/c22-18-7-4-8-19-17(18)9-11-23(19)12-10-21(25)24-13-14-26-20(15-24)16-5-2-1-3-6-16/h1-9,11,20H,10,12-15H2. The highest BCUT2D eigenvalue weighted by Crippen LogP contribution is 2.25. The molecule has 1 unspecified atom stereocenters. The van der Waals surface area contributed by atoms with Gasteiger partial charge in [0.05, 0.1) is 13.2 Å². The van der Waals surface area contributed by atoms with Crippen LogP contribution in [-0.2, 0) is 16.1 Å². The Morgan fingerprint density at radius 1 is 1.12 bits per heavy atom. The summed E-state index contributed by atoms with van der Waals surface area (Å²) in [6.07, 6.45) is 2.42. The molecule has 1 aliphatic heterocycles. The molecule has 3 aromatic rings. The molecule has 134 valence electrons. The lowest BCUT2D eigenvalue weighted by atomic mass is 10.1. The van der Waals surface area contributed by atoms with E-state index in [1.54, 1.807) is 0 Å². The van der Waals surface area contributed by atoms with Gasteiger partial charge in [-0.1, -0.05) is 48.0 Å². The summed E-state index contributed by atoms with van der Waals surface area (Å²) in [7, 11) is 0. The first-order valence-electron chi connectivity index (χ1n) is 8.90. The van der Waals surface area contributed by atoms with E-state index in [1.165, 1.54) is 0 Å². The summed E-state index contributed by atoms with van der Waals surface area (Å²) >= 11 is 6.23. The Hall–Kier alpha value is -2.30. The predicted octanol–water partition coefficient (Wildman–Crippen LogP) is 4.28. The molecule has 1 atom stereocenters. The van der Waals surface area contributed by atoms with Gasteiger partial charge in [-0.3, -0.25) is 4.79 Å². The number of ether oxygens (including phenoxy) is 1. The van der Waals surface area contributed by atoms with Crippen LogP contribution in [0.25, 0.3) is 10.9 Å². The lowest BCUT2D eigenvalue weighted by Crippen LogP contribution is -2.42. The maximum Gasteiger partial charge on any atom is 0.224 e. The van der Waals surface area contributed by atoms with Crippen molar-refractivity contribution < 1.29 is 9.53 Å². The van der Waals surface area contributed by atoms with Crippen molar-refractivity contribution >= 4 is 28.4 Å². The van der Waals surface area contributed by atoms with Gasteiger partial charge in [0.1, 0.15) is 6.10 Å². The number of amides is 1. The largest absolute Gasteiger partial charge is 0.370 e. The van der Waals surface area contributed by atoms with Crippen molar-refractivity contribution in [3.05, 3.63) is 71.4 Å². The van der Waals surface area contributed by atoms with E-state index in [4.69, 9.17) is 16.3 Å². The molecule has 1 fully saturated rings. The molecular weight excluding hydrogens is 348 g/mol. The summed E-state index contributed by atoms with van der Waals surface area (Å²) < 4.78 is 7.94. The second-order valence-electron chi connectivity index (χ2n) is 6.54. The van der Waals surface area contributed by atoms with E-state index in [0.29, 0.717) is 32.7 Å². The van der Waals surface area contributed by atoms with Crippen molar-refractivity contribution in [2.45, 2.75) is 19.1 Å². The third kappa shape index (κ3) is 3.48. The van der Waals surface area contributed by atoms with E-state index < -0.39 is 0 Å². The van der Waals surface area contributed by atoms with Crippen molar-refractivity contribution in [1.29, 1.82) is 0 Å². The summed E-state index contributed by atoms with van der Waals surface area (Å²) in [5.74, 6) is 0.165. The number of morpholine rings is 1. The van der Waals surface area contributed by atoms with Crippen LogP contribution in [0.2, 0.25) is 5.02 Å². The third-order valence-corrected chi connectivity index (χ3v) is 5.25. The van der Waals surface area contributed by atoms with Crippen LogP contribution in [0.15, 0.2) is 60.8 Å². The monoisotopic (exact) mass is 368 g/mol. The first-order valence-corrected chi connectivity index (χ1v) is 9.28. The molecule has 4 nitrogen and oxygen atoms in total. The summed E-state index contributed by atoms with van der Waals surface area (Å²) in [5.41, 5.74) is 2.19. The Morgan fingerprint density at radius 3 is 2.81 bits per heavy atom. The smallest absolute Gasteiger partial charge is 0.224 e. The Labute approximate surface area is 157 Å². The van der Waals surface area contributed by atoms with Crippen LogP contribution < -0.4 is 0 Å². The molecule has 2 heterocycles. The second-order valence-corrected chi connectivity index (χ2v) is 6.95. The van der Waals surface area contributed by atoms with Gasteiger partial charge in [-0.25, -0.2) is 0 Å². The molecule has 2 aromatic carbocycles. The van der Waals surface area contributed by atoms with Crippen molar-refractivity contribution in [2.24, 2.45) is 0 Å². The minimum atomic E-state index is -0.0416. The summed E-state index contributed by atoms with van der Waals surface area (Å²) in [6.45, 7) is 2.49. The molecule has 5 heteroatoms. The summed E-state index contributed by atoms with van der Waals surface area (Å²) in [4.78, 5) is 14.6. The number of fused-ring (bicyclic) bond motifs is 1. The quantitative estimate of drug-likeness (QED) is 0.688. The molecule has 1 saturated heterocycles. The van der Waals surface area contributed by atoms with E-state index in [0.717, 1.165) is 21.5 Å². The Morgan fingerprint density at radius 2 is 1.96 bits per heavy atom. The molecule has 0 saturated carbocycles. The van der Waals surface area contributed by atoms with Crippen molar-refractivity contribution in [3.8, 4) is 0 Å². The molecule has 0 aliphatic carbocycles. The van der Waals surface area contributed by atoms with Gasteiger partial charge in [0.15, 0.2) is 0 Å². The molecule has 1 amide bonds. The highest BCUT2D eigenvalue weighted by atomic mass is 35.5. The zero-order valence-corrected chi connectivity index (χ0v) is 15.2. The van der Waals surface area contributed by atoms with Gasteiger partial charge in [-0.15, -0.1) is 0 Å². The minimum Gasteiger partial charge on any atom is -0.370 e. The van der Waals surface area contributed by atoms with Crippen LogP contribution in [0.4, 0.5) is 0 Å². The number of carbonyl (C=O) groups is 1. The first-order chi connectivity index (χ1) is 12.7. The third-order valence-electron chi connectivity index (χ3n) is 4.92. The number of aryl methyl sites for hydroxylation is 1. The molecule has 0 bridgehead atoms. The minimum absolute atomic E-state index is 0.0416. The fourth-order valence-corrected chi connectivity index (χ4v) is 3.73. The van der Waals surface area contributed by atoms with Crippen LogP contribution in [0, 0.1) is 0 Å². The maximum atomic E-state index is 12.7. The topological polar surface area (TPSA) is 34.5 Å². The maximum absolute atomic E-state index is 12.7. The van der Waals surface area contributed by atoms with Gasteiger partial charge >= 0.3 is 0 Å². The van der Waals surface area contributed by atoms with Crippen molar-refractivity contribution in [1.82, 2.24) is 9.47 Å². The Kier molecular flexibility index (Phi) is 4.96. The van der Waals surface area contributed by atoms with Crippen LogP contribution in [0.3, 0.4) is 0 Å². The Balaban J connectivity index is 1.40. The summed E-state index contributed by atoms with van der Waals surface area (Å²) in [6, 6.07) is 18.0. The number of benzene rings is 2. The molecule has 26 heavy (non-hydrogen) atoms. The predicted molar refractivity (Wildman–Crippen MR) is 103 cm³/mol. The number of hydrogen-bond acceptors (Lipinski definition) is 2. The molecule has 0 N–H and O–H groups in total. The lowest BCUT2D eigenvalue weighted by molar-refractivity contribution is -0.139. The van der Waals surface area contributed by atoms with Crippen LogP contribution in [0.5, 0.6) is 0 Å². The van der Waals surface area contributed by atoms with Crippen LogP contribution in [-0.4, -0.2) is 35.1 Å². The van der Waals surface area contributed by atoms with E-state index >= 15 is 0 Å². The van der Waals surface area contributed by atoms with E-state index in [1.807, 2.05) is 65.7 Å². The molecular formula is C21H21ClN2O2. The highest BCUT2D eigenvalue weighted by Gasteiger charge is 2.25. The lowest BCUT2D eigenvalue weighted by Gasteiger charge is -2.33. The van der Waals surface area contributed by atoms with Crippen LogP contribution in [0.1, 0.15) is 18.1 Å². The number of carbonyl (C=O) groups excluding carboxylic acids is 1. The fourth-order valence-electron chi connectivity index (χ4n) is 3.50. The fraction of sp³-hybridized carbons (Fsp3) is 0.286. The molecule has 1 aromatic heterocycles. The average molecular weight is 369 g/mol. The Bertz CT molecular complexity index is 907. The van der Waals surface area contributed by atoms with Gasteiger partial charge in [-0.2, -0.15) is 0 Å². The van der Waals surface area contributed by atoms with Gasteiger partial charge in [-0.05, 0) is 23.8 Å². The van der Waals surface area contributed by atoms with E-state index in [-0.39, 0.29) is 12.0 Å². The molecule has 0 radical (unpaired) electrons. The van der Waals surface area contributed by atoms with Gasteiger partial charge in [0, 0.05) is 41.6 Å². The van der Waals surface area contributed by atoms with E-state index in [9.17, 15) is 4.79 Å². The SMILES string of the molecule is O=C(CCn1ccc2c(Cl)cccc21)N1CCOC(c2ccccc2)C1. The zero-order valence-electron chi connectivity index (χ0n) is 14.5. The number of halogens is 1. The first kappa shape index (κ1) is 17.1. The normalized spacial score (nSPS) is 17.6. The average Bonchev–Trinajstić information content (AvgIpc) is 3.11. The number of rotatable bonds is 4. The molecule has 4 rings (SSSR count). The van der Waals surface area contributed by atoms with E-state index in [2.05, 4.69) is 4.57 Å². The van der Waals surface area contributed by atoms with Gasteiger partial charge in [0.25, 0.3) is 0 Å². The number of nitrogens with zero attached hydrogens (tertiary/aromatic N) is 2. The van der Waals surface area contributed by atoms with Gasteiger partial charge in [0.2, 0.25) is 5.91 Å². The van der Waals surface area contributed by atoms with Crippen molar-refractivity contribution in [3.63, 3.8) is 0 Å². The highest BCUT2D eigenvalue weighted by molar-refractivity contribution is 6.35. The number of aromatic nitrogens is 1. The van der Waals surface area contributed by atoms with Gasteiger partial charge < -0.3 is 14.2 Å². The molecule has 1 aliphatic rings. The van der Waals surface area contributed by atoms with Crippen molar-refractivity contribution in [2.75, 3.05) is 19.7 Å².